The summed E-state index contributed by atoms with van der Waals surface area (Å²) in [5.74, 6) is 1.65. The van der Waals surface area contributed by atoms with Gasteiger partial charge in [0.15, 0.2) is 11.5 Å². The number of halogens is 1. The molecule has 1 aliphatic rings. The molecule has 1 heterocycles. The van der Waals surface area contributed by atoms with E-state index in [2.05, 4.69) is 4.99 Å². The number of aliphatic imine (C=N–C) groups is 2. The first-order chi connectivity index (χ1) is 11.5. The zero-order valence-corrected chi connectivity index (χ0v) is 14.5. The quantitative estimate of drug-likeness (QED) is 0.925. The van der Waals surface area contributed by atoms with Crippen LogP contribution in [0.1, 0.15) is 18.1 Å². The lowest BCUT2D eigenvalue weighted by Crippen LogP contribution is -2.22. The van der Waals surface area contributed by atoms with Crippen molar-refractivity contribution in [2.24, 2.45) is 15.7 Å². The van der Waals surface area contributed by atoms with E-state index in [9.17, 15) is 0 Å². The van der Waals surface area contributed by atoms with E-state index >= 15 is 0 Å². The molecule has 2 aromatic rings. The lowest BCUT2D eigenvalue weighted by molar-refractivity contribution is 0.353. The van der Waals surface area contributed by atoms with Crippen molar-refractivity contribution in [1.82, 2.24) is 0 Å². The second kappa shape index (κ2) is 6.17. The number of hydrogen-bond donors (Lipinski definition) is 1. The van der Waals surface area contributed by atoms with E-state index in [4.69, 9.17) is 31.8 Å². The maximum absolute atomic E-state index is 6.18. The van der Waals surface area contributed by atoms with Crippen molar-refractivity contribution in [3.63, 3.8) is 0 Å². The predicted molar refractivity (Wildman–Crippen MR) is 96.5 cm³/mol. The molecule has 6 heteroatoms. The second-order valence-corrected chi connectivity index (χ2v) is 5.88. The summed E-state index contributed by atoms with van der Waals surface area (Å²) >= 11 is 6.18. The topological polar surface area (TPSA) is 69.2 Å². The summed E-state index contributed by atoms with van der Waals surface area (Å²) in [6.07, 6.45) is 0. The summed E-state index contributed by atoms with van der Waals surface area (Å²) in [5, 5.41) is 0.612. The molecule has 0 saturated heterocycles. The molecule has 1 unspecified atom stereocenters. The SMILES string of the molecule is COc1ccc(C2(c3cccc(Cl)c3)N=C(C)C(N)=N2)cc1OC. The van der Waals surface area contributed by atoms with E-state index in [0.717, 1.165) is 11.1 Å². The standard InChI is InChI=1S/C18H18ClN3O2/c1-11-17(20)22-18(21-11,12-5-4-6-14(19)9-12)13-7-8-15(23-2)16(10-13)24-3/h4-10H,1-3H3,(H2,20,22). The van der Waals surface area contributed by atoms with E-state index < -0.39 is 5.66 Å². The Hall–Kier alpha value is -2.53. The van der Waals surface area contributed by atoms with Crippen molar-refractivity contribution in [3.05, 3.63) is 58.6 Å². The molecule has 0 fully saturated rings. The third kappa shape index (κ3) is 2.61. The minimum absolute atomic E-state index is 0.407. The lowest BCUT2D eigenvalue weighted by Gasteiger charge is -2.25. The van der Waals surface area contributed by atoms with Crippen molar-refractivity contribution in [1.29, 1.82) is 0 Å². The Morgan fingerprint density at radius 1 is 0.958 bits per heavy atom. The lowest BCUT2D eigenvalue weighted by atomic mass is 9.92. The maximum Gasteiger partial charge on any atom is 0.204 e. The van der Waals surface area contributed by atoms with Gasteiger partial charge in [0.05, 0.1) is 19.9 Å². The van der Waals surface area contributed by atoms with Gasteiger partial charge in [-0.2, -0.15) is 0 Å². The van der Waals surface area contributed by atoms with Crippen LogP contribution in [-0.2, 0) is 5.66 Å². The fourth-order valence-electron chi connectivity index (χ4n) is 2.76. The molecule has 0 spiro atoms. The molecule has 0 bridgehead atoms. The number of ether oxygens (including phenoxy) is 2. The second-order valence-electron chi connectivity index (χ2n) is 5.45. The highest BCUT2D eigenvalue weighted by atomic mass is 35.5. The van der Waals surface area contributed by atoms with E-state index in [0.29, 0.717) is 28.1 Å². The van der Waals surface area contributed by atoms with Gasteiger partial charge >= 0.3 is 0 Å². The summed E-state index contributed by atoms with van der Waals surface area (Å²) in [7, 11) is 3.19. The Labute approximate surface area is 145 Å². The molecule has 3 rings (SSSR count). The molecule has 1 atom stereocenters. The normalized spacial score (nSPS) is 19.7. The number of amidine groups is 1. The Kier molecular flexibility index (Phi) is 4.20. The maximum atomic E-state index is 6.18. The van der Waals surface area contributed by atoms with Crippen molar-refractivity contribution in [2.75, 3.05) is 14.2 Å². The number of nitrogens with zero attached hydrogens (tertiary/aromatic N) is 2. The smallest absolute Gasteiger partial charge is 0.204 e. The monoisotopic (exact) mass is 343 g/mol. The fourth-order valence-corrected chi connectivity index (χ4v) is 2.95. The molecule has 0 radical (unpaired) electrons. The molecule has 0 amide bonds. The van der Waals surface area contributed by atoms with E-state index in [1.807, 2.05) is 49.4 Å². The van der Waals surface area contributed by atoms with Crippen molar-refractivity contribution < 1.29 is 9.47 Å². The highest BCUT2D eigenvalue weighted by molar-refractivity contribution is 6.41. The van der Waals surface area contributed by atoms with Crippen LogP contribution in [0.2, 0.25) is 5.02 Å². The molecule has 0 aromatic heterocycles. The van der Waals surface area contributed by atoms with Crippen LogP contribution in [0, 0.1) is 0 Å². The first-order valence-corrected chi connectivity index (χ1v) is 7.78. The number of benzene rings is 2. The van der Waals surface area contributed by atoms with Gasteiger partial charge in [-0.05, 0) is 31.2 Å². The minimum atomic E-state index is -0.974. The van der Waals surface area contributed by atoms with Gasteiger partial charge in [-0.3, -0.25) is 0 Å². The van der Waals surface area contributed by atoms with Gasteiger partial charge in [0, 0.05) is 16.1 Å². The number of methoxy groups -OCH3 is 2. The van der Waals surface area contributed by atoms with E-state index in [1.54, 1.807) is 14.2 Å². The Bertz CT molecular complexity index is 828. The van der Waals surface area contributed by atoms with Crippen LogP contribution in [-0.4, -0.2) is 25.8 Å². The molecule has 0 aliphatic carbocycles. The first kappa shape index (κ1) is 16.3. The third-order valence-electron chi connectivity index (χ3n) is 4.00. The van der Waals surface area contributed by atoms with Gasteiger partial charge in [-0.25, -0.2) is 9.98 Å². The Balaban J connectivity index is 2.25. The Morgan fingerprint density at radius 2 is 1.67 bits per heavy atom. The fraction of sp³-hybridized carbons (Fsp3) is 0.222. The van der Waals surface area contributed by atoms with Crippen LogP contribution < -0.4 is 15.2 Å². The predicted octanol–water partition coefficient (Wildman–Crippen LogP) is 3.39. The summed E-state index contributed by atoms with van der Waals surface area (Å²) in [6, 6.07) is 13.1. The van der Waals surface area contributed by atoms with E-state index in [1.165, 1.54) is 0 Å². The van der Waals surface area contributed by atoms with Crippen LogP contribution >= 0.6 is 11.6 Å². The average molecular weight is 344 g/mol. The van der Waals surface area contributed by atoms with Crippen molar-refractivity contribution in [2.45, 2.75) is 12.6 Å². The number of rotatable bonds is 4. The first-order valence-electron chi connectivity index (χ1n) is 7.41. The van der Waals surface area contributed by atoms with Crippen molar-refractivity contribution in [3.8, 4) is 11.5 Å². The molecular weight excluding hydrogens is 326 g/mol. The van der Waals surface area contributed by atoms with Gasteiger partial charge in [-0.1, -0.05) is 29.8 Å². The van der Waals surface area contributed by atoms with E-state index in [-0.39, 0.29) is 0 Å². The molecule has 1 aliphatic heterocycles. The zero-order chi connectivity index (χ0) is 17.3. The minimum Gasteiger partial charge on any atom is -0.493 e. The number of hydrogen-bond acceptors (Lipinski definition) is 5. The van der Waals surface area contributed by atoms with Crippen LogP contribution in [0.4, 0.5) is 0 Å². The van der Waals surface area contributed by atoms with Crippen LogP contribution in [0.3, 0.4) is 0 Å². The highest BCUT2D eigenvalue weighted by Gasteiger charge is 2.38. The van der Waals surface area contributed by atoms with Crippen LogP contribution in [0.5, 0.6) is 11.5 Å². The molecule has 124 valence electrons. The largest absolute Gasteiger partial charge is 0.493 e. The van der Waals surface area contributed by atoms with Gasteiger partial charge < -0.3 is 15.2 Å². The summed E-state index contributed by atoms with van der Waals surface area (Å²) in [4.78, 5) is 9.40. The zero-order valence-electron chi connectivity index (χ0n) is 13.7. The molecule has 24 heavy (non-hydrogen) atoms. The van der Waals surface area contributed by atoms with Gasteiger partial charge in [0.2, 0.25) is 5.66 Å². The van der Waals surface area contributed by atoms with Crippen molar-refractivity contribution >= 4 is 23.1 Å². The van der Waals surface area contributed by atoms with Gasteiger partial charge in [0.1, 0.15) is 5.84 Å². The highest BCUT2D eigenvalue weighted by Crippen LogP contribution is 2.42. The molecule has 0 saturated carbocycles. The summed E-state index contributed by atoms with van der Waals surface area (Å²) in [5.41, 5.74) is 7.39. The molecular formula is C18H18ClN3O2. The Morgan fingerprint density at radius 3 is 2.25 bits per heavy atom. The summed E-state index contributed by atoms with van der Waals surface area (Å²) < 4.78 is 10.7. The van der Waals surface area contributed by atoms with Gasteiger partial charge in [-0.15, -0.1) is 0 Å². The number of nitrogens with two attached hydrogens (primary N) is 1. The molecule has 2 aromatic carbocycles. The average Bonchev–Trinajstić information content (AvgIpc) is 2.90. The van der Waals surface area contributed by atoms with Crippen LogP contribution in [0.25, 0.3) is 0 Å². The molecule has 2 N–H and O–H groups in total. The van der Waals surface area contributed by atoms with Crippen LogP contribution in [0.15, 0.2) is 52.4 Å². The molecule has 5 nitrogen and oxygen atoms in total. The summed E-state index contributed by atoms with van der Waals surface area (Å²) in [6.45, 7) is 1.84. The third-order valence-corrected chi connectivity index (χ3v) is 4.23. The van der Waals surface area contributed by atoms with Gasteiger partial charge in [0.25, 0.3) is 0 Å².